The molecule has 0 aliphatic heterocycles. The standard InChI is InChI=1S/C21H19OP.C7H8N2O.C4H4N2O.C3H8/c1-18(22)17-23(19-11-5-2-6-12-19,20-13-7-3-8-14-20)21-15-9-4-10-16-21;1-6(10)2-3-7-8-4-5-9-7;7-3-4-5-1-2-6-4;1-3-2/h2-17H,1H3;2-5H,1H3,(H,8,9);1-3H,(H,5,6);3H2,1-2H3/b;3-2+;;. The molecule has 2 heterocycles. The van der Waals surface area contributed by atoms with Crippen LogP contribution in [0.5, 0.6) is 0 Å². The summed E-state index contributed by atoms with van der Waals surface area (Å²) in [5, 5.41) is 3.60. The Morgan fingerprint density at radius 1 is 0.674 bits per heavy atom. The SMILES string of the molecule is CC(=O)/C=C/c1ncc[nH]1.CC(=O)C=P(c1ccccc1)(c1ccccc1)c1ccccc1.CCC.O=Cc1ncc[nH]1. The molecule has 0 fully saturated rings. The third-order valence-electron chi connectivity index (χ3n) is 5.49. The highest BCUT2D eigenvalue weighted by Gasteiger charge is 2.25. The molecule has 0 radical (unpaired) electrons. The number of hydrogen-bond donors (Lipinski definition) is 2. The molecular weight excluding hydrogens is 555 g/mol. The molecule has 5 rings (SSSR count). The Bertz CT molecular complexity index is 1460. The van der Waals surface area contributed by atoms with E-state index in [4.69, 9.17) is 0 Å². The summed E-state index contributed by atoms with van der Waals surface area (Å²) in [5.41, 5.74) is 0. The number of hydrogen-bond acceptors (Lipinski definition) is 5. The van der Waals surface area contributed by atoms with Crippen LogP contribution in [0, 0.1) is 0 Å². The lowest BCUT2D eigenvalue weighted by atomic mass is 10.4. The van der Waals surface area contributed by atoms with E-state index in [2.05, 4.69) is 70.2 Å². The quantitative estimate of drug-likeness (QED) is 0.136. The molecule has 5 aromatic rings. The fourth-order valence-electron chi connectivity index (χ4n) is 3.84. The van der Waals surface area contributed by atoms with E-state index in [9.17, 15) is 14.4 Å². The van der Waals surface area contributed by atoms with Gasteiger partial charge in [0.25, 0.3) is 0 Å². The second-order valence-electron chi connectivity index (χ2n) is 9.19. The average Bonchev–Trinajstić information content (AvgIpc) is 3.76. The zero-order chi connectivity index (χ0) is 31.3. The third kappa shape index (κ3) is 11.5. The lowest BCUT2D eigenvalue weighted by molar-refractivity contribution is -0.112. The lowest BCUT2D eigenvalue weighted by Gasteiger charge is -2.28. The number of benzene rings is 3. The average molecular weight is 595 g/mol. The maximum absolute atomic E-state index is 12.2. The molecule has 0 atom stereocenters. The Labute approximate surface area is 254 Å². The highest BCUT2D eigenvalue weighted by Crippen LogP contribution is 2.43. The molecule has 0 saturated heterocycles. The van der Waals surface area contributed by atoms with Crippen molar-refractivity contribution in [2.45, 2.75) is 34.1 Å². The van der Waals surface area contributed by atoms with Gasteiger partial charge in [-0.15, -0.1) is 0 Å². The summed E-state index contributed by atoms with van der Waals surface area (Å²) in [6.07, 6.45) is 11.5. The Hall–Kier alpha value is -4.87. The minimum Gasteiger partial charge on any atom is -0.345 e. The van der Waals surface area contributed by atoms with E-state index >= 15 is 0 Å². The second kappa shape index (κ2) is 19.3. The first-order chi connectivity index (χ1) is 20.9. The number of carbonyl (C=O) groups excluding carboxylic acids is 3. The van der Waals surface area contributed by atoms with E-state index in [0.717, 1.165) is 0 Å². The zero-order valence-corrected chi connectivity index (χ0v) is 25.9. The van der Waals surface area contributed by atoms with Crippen LogP contribution >= 0.6 is 6.89 Å². The van der Waals surface area contributed by atoms with Crippen molar-refractivity contribution in [1.82, 2.24) is 19.9 Å². The van der Waals surface area contributed by atoms with E-state index in [0.29, 0.717) is 17.9 Å². The predicted octanol–water partition coefficient (Wildman–Crippen LogP) is 6.02. The summed E-state index contributed by atoms with van der Waals surface area (Å²) in [6.45, 7) is 5.31. The van der Waals surface area contributed by atoms with Crippen LogP contribution in [0.25, 0.3) is 6.08 Å². The van der Waals surface area contributed by atoms with Gasteiger partial charge in [0, 0.05) is 24.8 Å². The van der Waals surface area contributed by atoms with E-state index in [1.165, 1.54) is 41.5 Å². The molecule has 0 aliphatic carbocycles. The largest absolute Gasteiger partial charge is 0.345 e. The highest BCUT2D eigenvalue weighted by atomic mass is 31.2. The van der Waals surface area contributed by atoms with E-state index in [-0.39, 0.29) is 11.6 Å². The minimum absolute atomic E-state index is 0.0244. The molecule has 2 N–H and O–H groups in total. The summed E-state index contributed by atoms with van der Waals surface area (Å²) in [5.74, 6) is 3.15. The number of Topliss-reactive ketones (excluding diaryl/α,β-unsaturated/α-hetero) is 1. The summed E-state index contributed by atoms with van der Waals surface area (Å²) < 4.78 is 0. The van der Waals surface area contributed by atoms with Crippen molar-refractivity contribution < 1.29 is 14.4 Å². The Morgan fingerprint density at radius 3 is 1.35 bits per heavy atom. The van der Waals surface area contributed by atoms with Crippen LogP contribution in [-0.4, -0.2) is 43.6 Å². The van der Waals surface area contributed by atoms with E-state index < -0.39 is 6.89 Å². The number of nitrogens with one attached hydrogen (secondary N) is 2. The first-order valence-corrected chi connectivity index (χ1v) is 15.8. The lowest BCUT2D eigenvalue weighted by Crippen LogP contribution is -2.28. The van der Waals surface area contributed by atoms with E-state index in [1.54, 1.807) is 31.6 Å². The number of allylic oxidation sites excluding steroid dienone is 1. The molecule has 8 heteroatoms. The number of imidazole rings is 2. The van der Waals surface area contributed by atoms with Crippen LogP contribution in [0.2, 0.25) is 0 Å². The van der Waals surface area contributed by atoms with Gasteiger partial charge < -0.3 is 9.97 Å². The number of ketones is 2. The van der Waals surface area contributed by atoms with Crippen LogP contribution in [0.4, 0.5) is 0 Å². The molecule has 7 nitrogen and oxygen atoms in total. The van der Waals surface area contributed by atoms with Crippen molar-refractivity contribution in [3.63, 3.8) is 0 Å². The molecule has 0 saturated carbocycles. The monoisotopic (exact) mass is 594 g/mol. The fraction of sp³-hybridized carbons (Fsp3) is 0.143. The van der Waals surface area contributed by atoms with Gasteiger partial charge in [0.15, 0.2) is 23.7 Å². The van der Waals surface area contributed by atoms with Gasteiger partial charge in [-0.1, -0.05) is 111 Å². The van der Waals surface area contributed by atoms with Crippen LogP contribution < -0.4 is 15.9 Å². The van der Waals surface area contributed by atoms with Crippen LogP contribution in [0.3, 0.4) is 0 Å². The van der Waals surface area contributed by atoms with Gasteiger partial charge in [0.05, 0.1) is 0 Å². The number of nitrogens with zero attached hydrogens (tertiary/aromatic N) is 2. The normalized spacial score (nSPS) is 10.1. The Balaban J connectivity index is 0.000000264. The van der Waals surface area contributed by atoms with Gasteiger partial charge in [0.1, 0.15) is 5.82 Å². The summed E-state index contributed by atoms with van der Waals surface area (Å²) in [6, 6.07) is 31.1. The summed E-state index contributed by atoms with van der Waals surface area (Å²) in [4.78, 5) is 45.3. The van der Waals surface area contributed by atoms with Crippen molar-refractivity contribution >= 4 is 52.5 Å². The second-order valence-corrected chi connectivity index (χ2v) is 12.4. The van der Waals surface area contributed by atoms with Gasteiger partial charge >= 0.3 is 0 Å². The number of carbonyl (C=O) groups is 3. The highest BCUT2D eigenvalue weighted by molar-refractivity contribution is 7.95. The van der Waals surface area contributed by atoms with Crippen LogP contribution in [-0.2, 0) is 9.59 Å². The molecule has 43 heavy (non-hydrogen) atoms. The summed E-state index contributed by atoms with van der Waals surface area (Å²) >= 11 is 0. The maximum Gasteiger partial charge on any atom is 0.185 e. The van der Waals surface area contributed by atoms with Crippen LogP contribution in [0.15, 0.2) is 122 Å². The maximum atomic E-state index is 12.2. The zero-order valence-electron chi connectivity index (χ0n) is 25.1. The van der Waals surface area contributed by atoms with Crippen molar-refractivity contribution in [2.75, 3.05) is 0 Å². The molecular formula is C35H39N4O3P. The Kier molecular flexibility index (Phi) is 15.4. The molecule has 0 spiro atoms. The molecule has 0 unspecified atom stereocenters. The van der Waals surface area contributed by atoms with Crippen molar-refractivity contribution in [1.29, 1.82) is 0 Å². The number of rotatable bonds is 7. The molecule has 3 aromatic carbocycles. The third-order valence-corrected chi connectivity index (χ3v) is 9.58. The molecule has 0 amide bonds. The van der Waals surface area contributed by atoms with Gasteiger partial charge in [-0.05, 0) is 54.6 Å². The number of aromatic nitrogens is 4. The first kappa shape index (κ1) is 34.3. The molecule has 222 valence electrons. The smallest absolute Gasteiger partial charge is 0.185 e. The predicted molar refractivity (Wildman–Crippen MR) is 180 cm³/mol. The number of H-pyrrole nitrogens is 2. The minimum atomic E-state index is -2.08. The van der Waals surface area contributed by atoms with Gasteiger partial charge in [-0.2, -0.15) is 0 Å². The van der Waals surface area contributed by atoms with E-state index in [1.807, 2.05) is 60.4 Å². The first-order valence-electron chi connectivity index (χ1n) is 13.9. The van der Waals surface area contributed by atoms with Gasteiger partial charge in [-0.25, -0.2) is 9.97 Å². The van der Waals surface area contributed by atoms with Gasteiger partial charge in [0.2, 0.25) is 0 Å². The van der Waals surface area contributed by atoms with Gasteiger partial charge in [-0.3, -0.25) is 14.4 Å². The van der Waals surface area contributed by atoms with Crippen molar-refractivity contribution in [3.8, 4) is 0 Å². The fourth-order valence-corrected chi connectivity index (χ4v) is 7.65. The molecule has 0 aliphatic rings. The Morgan fingerprint density at radius 2 is 1.07 bits per heavy atom. The molecule has 0 bridgehead atoms. The van der Waals surface area contributed by atoms with Crippen molar-refractivity contribution in [2.24, 2.45) is 0 Å². The topological polar surface area (TPSA) is 109 Å². The summed E-state index contributed by atoms with van der Waals surface area (Å²) in [7, 11) is 0. The molecule has 2 aromatic heterocycles. The van der Waals surface area contributed by atoms with Crippen LogP contribution in [0.1, 0.15) is 50.6 Å². The number of aldehydes is 1. The van der Waals surface area contributed by atoms with Crippen molar-refractivity contribution in [3.05, 3.63) is 134 Å². The number of aromatic amines is 2.